The molecule has 8 nitrogen and oxygen atoms in total. The smallest absolute Gasteiger partial charge is 0.393 e. The van der Waals surface area contributed by atoms with Crippen molar-refractivity contribution in [3.05, 3.63) is 11.6 Å². The van der Waals surface area contributed by atoms with Crippen molar-refractivity contribution in [2.45, 2.75) is 116 Å². The zero-order valence-electron chi connectivity index (χ0n) is 22.3. The van der Waals surface area contributed by atoms with Crippen LogP contribution in [-0.4, -0.2) is 54.3 Å². The second-order valence-electron chi connectivity index (χ2n) is 13.3. The monoisotopic (exact) mass is 528 g/mol. The number of aliphatic hydroxyl groups is 3. The van der Waals surface area contributed by atoms with Crippen molar-refractivity contribution in [2.75, 3.05) is 0 Å². The molecule has 0 aliphatic heterocycles. The summed E-state index contributed by atoms with van der Waals surface area (Å²) in [6, 6.07) is 0. The van der Waals surface area contributed by atoms with Crippen LogP contribution in [-0.2, 0) is 13.9 Å². The maximum absolute atomic E-state index is 13.3. The van der Waals surface area contributed by atoms with E-state index in [1.54, 1.807) is 19.9 Å². The van der Waals surface area contributed by atoms with E-state index in [0.717, 1.165) is 24.8 Å². The number of allylic oxidation sites excluding steroid dienone is 1. The van der Waals surface area contributed by atoms with E-state index in [2.05, 4.69) is 13.8 Å². The van der Waals surface area contributed by atoms with Crippen LogP contribution in [0.15, 0.2) is 11.6 Å². The van der Waals surface area contributed by atoms with Gasteiger partial charge in [-0.2, -0.15) is 0 Å². The van der Waals surface area contributed by atoms with Gasteiger partial charge in [-0.25, -0.2) is 4.57 Å². The van der Waals surface area contributed by atoms with E-state index in [4.69, 9.17) is 4.52 Å². The Morgan fingerprint density at radius 1 is 1.14 bits per heavy atom. The van der Waals surface area contributed by atoms with E-state index in [-0.39, 0.29) is 41.3 Å². The Bertz CT molecular complexity index is 952. The minimum absolute atomic E-state index is 0.00422. The molecule has 9 heteroatoms. The molecule has 0 saturated heterocycles. The SMILES string of the molecule is C[C@H](C(CCC(C)(C)O)OP(=O)(O)O)[C@H]1CCC2(O)C3=CC(=O)[C@@H]4C[C@@H](O)CC[C@]4(C)[C@H]3CC[C@]12C. The fourth-order valence-corrected chi connectivity index (χ4v) is 9.19. The molecule has 2 unspecified atom stereocenters. The van der Waals surface area contributed by atoms with Crippen LogP contribution in [0.3, 0.4) is 0 Å². The van der Waals surface area contributed by atoms with Crippen LogP contribution >= 0.6 is 7.82 Å². The fraction of sp³-hybridized carbons (Fsp3) is 0.889. The van der Waals surface area contributed by atoms with Crippen LogP contribution in [0.2, 0.25) is 0 Å². The summed E-state index contributed by atoms with van der Waals surface area (Å²) in [5, 5.41) is 32.8. The van der Waals surface area contributed by atoms with Crippen molar-refractivity contribution < 1.29 is 39.0 Å². The number of hydrogen-bond acceptors (Lipinski definition) is 6. The lowest BCUT2D eigenvalue weighted by atomic mass is 9.46. The summed E-state index contributed by atoms with van der Waals surface area (Å²) in [4.78, 5) is 32.5. The molecule has 4 aliphatic rings. The van der Waals surface area contributed by atoms with Crippen molar-refractivity contribution in [2.24, 2.45) is 34.5 Å². The summed E-state index contributed by atoms with van der Waals surface area (Å²) in [6.45, 7) is 9.47. The lowest BCUT2D eigenvalue weighted by Crippen LogP contribution is -2.59. The Kier molecular flexibility index (Phi) is 7.30. The Labute approximate surface area is 214 Å². The molecule has 9 atom stereocenters. The number of fused-ring (bicyclic) bond motifs is 5. The summed E-state index contributed by atoms with van der Waals surface area (Å²) >= 11 is 0. The van der Waals surface area contributed by atoms with Gasteiger partial charge in [-0.1, -0.05) is 20.8 Å². The van der Waals surface area contributed by atoms with Crippen LogP contribution in [0.5, 0.6) is 0 Å². The van der Waals surface area contributed by atoms with Gasteiger partial charge in [0.2, 0.25) is 0 Å². The number of carbonyl (C=O) groups is 1. The highest BCUT2D eigenvalue weighted by molar-refractivity contribution is 7.46. The molecule has 0 aromatic rings. The zero-order valence-corrected chi connectivity index (χ0v) is 23.2. The highest BCUT2D eigenvalue weighted by Gasteiger charge is 2.66. The van der Waals surface area contributed by atoms with Gasteiger partial charge < -0.3 is 25.1 Å². The van der Waals surface area contributed by atoms with Gasteiger partial charge in [-0.15, -0.1) is 0 Å². The third-order valence-corrected chi connectivity index (χ3v) is 11.2. The first kappa shape index (κ1) is 28.4. The molecule has 0 aromatic carbocycles. The van der Waals surface area contributed by atoms with Crippen LogP contribution < -0.4 is 0 Å². The summed E-state index contributed by atoms with van der Waals surface area (Å²) < 4.78 is 17.1. The first-order valence-electron chi connectivity index (χ1n) is 13.5. The van der Waals surface area contributed by atoms with Gasteiger partial charge in [0.1, 0.15) is 0 Å². The van der Waals surface area contributed by atoms with Gasteiger partial charge in [0, 0.05) is 11.3 Å². The summed E-state index contributed by atoms with van der Waals surface area (Å²) in [5.74, 6) is -0.483. The van der Waals surface area contributed by atoms with E-state index in [9.17, 15) is 34.5 Å². The van der Waals surface area contributed by atoms with Gasteiger partial charge in [-0.3, -0.25) is 9.32 Å². The predicted molar refractivity (Wildman–Crippen MR) is 135 cm³/mol. The van der Waals surface area contributed by atoms with Crippen LogP contribution in [0.25, 0.3) is 0 Å². The number of aliphatic hydroxyl groups excluding tert-OH is 1. The van der Waals surface area contributed by atoms with Gasteiger partial charge >= 0.3 is 7.82 Å². The molecular formula is C27H45O8P. The zero-order chi connectivity index (χ0) is 26.9. The first-order valence-corrected chi connectivity index (χ1v) is 15.1. The second kappa shape index (κ2) is 9.25. The average Bonchev–Trinajstić information content (AvgIpc) is 3.02. The lowest BCUT2D eigenvalue weighted by molar-refractivity contribution is -0.142. The molecule has 3 fully saturated rings. The Morgan fingerprint density at radius 2 is 1.81 bits per heavy atom. The topological polar surface area (TPSA) is 145 Å². The van der Waals surface area contributed by atoms with Gasteiger partial charge in [-0.05, 0) is 106 Å². The summed E-state index contributed by atoms with van der Waals surface area (Å²) in [7, 11) is -4.76. The molecule has 0 bridgehead atoms. The van der Waals surface area contributed by atoms with E-state index in [1.807, 2.05) is 6.92 Å². The average molecular weight is 529 g/mol. The molecule has 206 valence electrons. The summed E-state index contributed by atoms with van der Waals surface area (Å²) in [6.07, 6.45) is 5.69. The highest BCUT2D eigenvalue weighted by Crippen LogP contribution is 2.68. The van der Waals surface area contributed by atoms with E-state index in [1.165, 1.54) is 0 Å². The Morgan fingerprint density at radius 3 is 2.42 bits per heavy atom. The number of hydrogen-bond donors (Lipinski definition) is 5. The van der Waals surface area contributed by atoms with Crippen LogP contribution in [0.1, 0.15) is 92.4 Å². The largest absolute Gasteiger partial charge is 0.469 e. The third kappa shape index (κ3) is 4.81. The van der Waals surface area contributed by atoms with Crippen molar-refractivity contribution in [1.82, 2.24) is 0 Å². The van der Waals surface area contributed by atoms with Crippen molar-refractivity contribution in [3.63, 3.8) is 0 Å². The molecule has 0 heterocycles. The Hall–Kier alpha value is -0.600. The van der Waals surface area contributed by atoms with Crippen LogP contribution in [0, 0.1) is 34.5 Å². The second-order valence-corrected chi connectivity index (χ2v) is 14.5. The van der Waals surface area contributed by atoms with Gasteiger partial charge in [0.15, 0.2) is 5.78 Å². The molecular weight excluding hydrogens is 483 g/mol. The van der Waals surface area contributed by atoms with E-state index in [0.29, 0.717) is 32.1 Å². The minimum atomic E-state index is -4.76. The number of carbonyl (C=O) groups excluding carboxylic acids is 1. The molecule has 4 aliphatic carbocycles. The standard InChI is InChI=1S/C27H45O8P/c1-16(23(35-36(32,33)34)9-10-24(2,3)30)18-8-13-27(31)20-15-22(29)21-14-17(28)6-11-25(21,4)19(20)7-12-26(18,27)5/h15-19,21,23,28,30-31H,6-14H2,1-5H3,(H2,32,33,34)/t16-,17-,18+,19-,21-,23?,25+,26+,27?/m0/s1. The first-order chi connectivity index (χ1) is 16.4. The predicted octanol–water partition coefficient (Wildman–Crippen LogP) is 3.89. The number of phosphoric acid groups is 1. The molecule has 0 amide bonds. The van der Waals surface area contributed by atoms with E-state index < -0.39 is 36.6 Å². The number of phosphoric ester groups is 1. The molecule has 4 rings (SSSR count). The molecule has 36 heavy (non-hydrogen) atoms. The number of ketones is 1. The highest BCUT2D eigenvalue weighted by atomic mass is 31.2. The van der Waals surface area contributed by atoms with Crippen LogP contribution in [0.4, 0.5) is 0 Å². The third-order valence-electron chi connectivity index (χ3n) is 10.7. The maximum Gasteiger partial charge on any atom is 0.469 e. The Balaban J connectivity index is 1.65. The minimum Gasteiger partial charge on any atom is -0.393 e. The normalized spacial score (nSPS) is 42.7. The molecule has 0 spiro atoms. The van der Waals surface area contributed by atoms with Crippen molar-refractivity contribution >= 4 is 13.6 Å². The number of rotatable bonds is 7. The molecule has 0 aromatic heterocycles. The molecule has 3 saturated carbocycles. The van der Waals surface area contributed by atoms with Gasteiger partial charge in [0.25, 0.3) is 0 Å². The van der Waals surface area contributed by atoms with Crippen molar-refractivity contribution in [1.29, 1.82) is 0 Å². The van der Waals surface area contributed by atoms with Gasteiger partial charge in [0.05, 0.1) is 23.4 Å². The lowest BCUT2D eigenvalue weighted by Gasteiger charge is -2.60. The van der Waals surface area contributed by atoms with E-state index >= 15 is 0 Å². The molecule has 5 N–H and O–H groups in total. The maximum atomic E-state index is 13.3. The summed E-state index contributed by atoms with van der Waals surface area (Å²) in [5.41, 5.74) is -2.19. The van der Waals surface area contributed by atoms with Crippen molar-refractivity contribution in [3.8, 4) is 0 Å². The molecule has 0 radical (unpaired) electrons. The fourth-order valence-electron chi connectivity index (χ4n) is 8.54. The quantitative estimate of drug-likeness (QED) is 0.313.